The van der Waals surface area contributed by atoms with E-state index in [0.717, 1.165) is 32.4 Å². The van der Waals surface area contributed by atoms with E-state index in [4.69, 9.17) is 0 Å². The topological polar surface area (TPSA) is 55.5 Å². The lowest BCUT2D eigenvalue weighted by Crippen LogP contribution is -3.11. The highest BCUT2D eigenvalue weighted by atomic mass is 32.2. The van der Waals surface area contributed by atoms with Gasteiger partial charge in [-0.25, -0.2) is 0 Å². The highest BCUT2D eigenvalue weighted by Gasteiger charge is 2.19. The number of anilines is 1. The average Bonchev–Trinajstić information content (AvgIpc) is 2.82. The van der Waals surface area contributed by atoms with Crippen molar-refractivity contribution in [2.75, 3.05) is 31.7 Å². The van der Waals surface area contributed by atoms with E-state index >= 15 is 0 Å². The van der Waals surface area contributed by atoms with Crippen LogP contribution in [0.1, 0.15) is 21.7 Å². The first-order valence-corrected chi connectivity index (χ1v) is 9.46. The number of nitrogens with zero attached hydrogens (tertiary/aromatic N) is 1. The zero-order valence-corrected chi connectivity index (χ0v) is 16.3. The number of quaternary nitrogens is 1. The third-order valence-electron chi connectivity index (χ3n) is 4.38. The minimum atomic E-state index is -0.0900. The second kappa shape index (κ2) is 8.36. The number of benzene rings is 1. The Morgan fingerprint density at radius 1 is 1.20 bits per heavy atom. The second-order valence-electron chi connectivity index (χ2n) is 6.33. The van der Waals surface area contributed by atoms with Crippen LogP contribution in [-0.2, 0) is 11.8 Å². The van der Waals surface area contributed by atoms with Crippen molar-refractivity contribution in [2.45, 2.75) is 18.7 Å². The van der Waals surface area contributed by atoms with E-state index in [9.17, 15) is 9.59 Å². The van der Waals surface area contributed by atoms with Crippen LogP contribution in [0.15, 0.2) is 35.2 Å². The largest absolute Gasteiger partial charge is 0.351 e. The summed E-state index contributed by atoms with van der Waals surface area (Å²) in [6.07, 6.45) is 1.98. The Bertz CT molecular complexity index is 783. The van der Waals surface area contributed by atoms with Gasteiger partial charge in [0.1, 0.15) is 6.54 Å². The van der Waals surface area contributed by atoms with Gasteiger partial charge in [0.2, 0.25) is 5.78 Å². The number of Topliss-reactive ketones (excluding diaryl/α,β-unsaturated/α-hetero) is 1. The number of nitrogens with one attached hydrogen (secondary N) is 2. The fourth-order valence-electron chi connectivity index (χ4n) is 2.79. The minimum Gasteiger partial charge on any atom is -0.351 e. The van der Waals surface area contributed by atoms with Crippen molar-refractivity contribution in [3.63, 3.8) is 0 Å². The van der Waals surface area contributed by atoms with E-state index in [1.807, 2.05) is 69.1 Å². The van der Waals surface area contributed by atoms with Crippen LogP contribution in [0.25, 0.3) is 0 Å². The molecule has 0 radical (unpaired) electrons. The van der Waals surface area contributed by atoms with Crippen molar-refractivity contribution < 1.29 is 14.5 Å². The number of amides is 1. The summed E-state index contributed by atoms with van der Waals surface area (Å²) >= 11 is 1.59. The van der Waals surface area contributed by atoms with E-state index in [-0.39, 0.29) is 18.2 Å². The Balaban J connectivity index is 1.95. The molecule has 1 heterocycles. The van der Waals surface area contributed by atoms with Gasteiger partial charge in [0.25, 0.3) is 5.91 Å². The summed E-state index contributed by atoms with van der Waals surface area (Å²) in [5.74, 6) is -0.0243. The van der Waals surface area contributed by atoms with Gasteiger partial charge in [-0.2, -0.15) is 0 Å². The molecule has 0 bridgehead atoms. The number of carbonyl (C=O) groups excluding carboxylic acids is 2. The van der Waals surface area contributed by atoms with Gasteiger partial charge in [0.15, 0.2) is 6.54 Å². The summed E-state index contributed by atoms with van der Waals surface area (Å²) in [6, 6.07) is 9.62. The maximum Gasteiger partial charge on any atom is 0.279 e. The number of ketones is 1. The van der Waals surface area contributed by atoms with Gasteiger partial charge in [0.05, 0.1) is 12.7 Å². The normalized spacial score (nSPS) is 12.0. The number of aromatic nitrogens is 1. The molecule has 6 heteroatoms. The summed E-state index contributed by atoms with van der Waals surface area (Å²) in [7, 11) is 3.82. The molecular weight excluding hydrogens is 334 g/mol. The number of aryl methyl sites for hydroxylation is 1. The van der Waals surface area contributed by atoms with Gasteiger partial charge < -0.3 is 14.8 Å². The van der Waals surface area contributed by atoms with Crippen molar-refractivity contribution in [2.24, 2.45) is 7.05 Å². The number of hydrogen-bond acceptors (Lipinski definition) is 3. The summed E-state index contributed by atoms with van der Waals surface area (Å²) in [5.41, 5.74) is 3.58. The maximum atomic E-state index is 12.5. The van der Waals surface area contributed by atoms with Crippen LogP contribution in [0, 0.1) is 13.8 Å². The van der Waals surface area contributed by atoms with Crippen LogP contribution in [-0.4, -0.2) is 42.7 Å². The Kier molecular flexibility index (Phi) is 6.45. The highest BCUT2D eigenvalue weighted by molar-refractivity contribution is 7.98. The maximum absolute atomic E-state index is 12.5. The predicted octanol–water partition coefficient (Wildman–Crippen LogP) is 1.70. The third kappa shape index (κ3) is 4.74. The fraction of sp³-hybridized carbons (Fsp3) is 0.368. The number of likely N-dealkylation sites (N-methyl/N-ethyl adjacent to an activating group) is 1. The number of thioether (sulfide) groups is 1. The Morgan fingerprint density at radius 2 is 1.88 bits per heavy atom. The van der Waals surface area contributed by atoms with E-state index in [1.54, 1.807) is 11.8 Å². The first-order chi connectivity index (χ1) is 11.8. The van der Waals surface area contributed by atoms with E-state index in [1.165, 1.54) is 0 Å². The number of para-hydroxylation sites is 1. The molecule has 0 saturated heterocycles. The lowest BCUT2D eigenvalue weighted by molar-refractivity contribution is -0.861. The molecule has 0 saturated carbocycles. The molecule has 1 unspecified atom stereocenters. The molecule has 0 spiro atoms. The summed E-state index contributed by atoms with van der Waals surface area (Å²) in [6.45, 7) is 4.47. The lowest BCUT2D eigenvalue weighted by Gasteiger charge is -2.14. The van der Waals surface area contributed by atoms with Crippen molar-refractivity contribution >= 4 is 29.1 Å². The first-order valence-electron chi connectivity index (χ1n) is 8.23. The average molecular weight is 361 g/mol. The van der Waals surface area contributed by atoms with Crippen LogP contribution >= 0.6 is 11.8 Å². The van der Waals surface area contributed by atoms with E-state index in [2.05, 4.69) is 5.32 Å². The summed E-state index contributed by atoms with van der Waals surface area (Å²) in [4.78, 5) is 26.7. The molecule has 2 N–H and O–H groups in total. The van der Waals surface area contributed by atoms with Crippen LogP contribution in [0.4, 0.5) is 5.69 Å². The SMILES string of the molecule is CSc1ccccc1NC(=O)C[NH+](C)CC(=O)c1cc(C)n(C)c1C. The molecule has 1 aromatic heterocycles. The minimum absolute atomic E-state index is 0.0658. The lowest BCUT2D eigenvalue weighted by atomic mass is 10.1. The van der Waals surface area contributed by atoms with Crippen LogP contribution in [0.5, 0.6) is 0 Å². The summed E-state index contributed by atoms with van der Waals surface area (Å²) < 4.78 is 2.01. The van der Waals surface area contributed by atoms with Crippen LogP contribution < -0.4 is 10.2 Å². The van der Waals surface area contributed by atoms with Crippen molar-refractivity contribution in [3.05, 3.63) is 47.3 Å². The van der Waals surface area contributed by atoms with Crippen LogP contribution in [0.3, 0.4) is 0 Å². The molecule has 134 valence electrons. The highest BCUT2D eigenvalue weighted by Crippen LogP contribution is 2.24. The number of carbonyl (C=O) groups is 2. The zero-order chi connectivity index (χ0) is 18.6. The molecule has 0 aliphatic carbocycles. The second-order valence-corrected chi connectivity index (χ2v) is 7.17. The standard InChI is InChI=1S/C19H25N3O2S/c1-13-10-15(14(2)22(13)4)17(23)11-21(3)12-19(24)20-16-8-6-7-9-18(16)25-5/h6-10H,11-12H2,1-5H3,(H,20,24)/p+1. The van der Waals surface area contributed by atoms with Crippen molar-refractivity contribution in [1.82, 2.24) is 4.57 Å². The van der Waals surface area contributed by atoms with Gasteiger partial charge in [-0.05, 0) is 38.3 Å². The quantitative estimate of drug-likeness (QED) is 0.584. The Labute approximate surface area is 153 Å². The number of rotatable bonds is 7. The van der Waals surface area contributed by atoms with E-state index < -0.39 is 0 Å². The Hall–Kier alpha value is -2.05. The molecule has 5 nitrogen and oxygen atoms in total. The first kappa shape index (κ1) is 19.3. The molecule has 0 aliphatic rings. The molecule has 1 amide bonds. The van der Waals surface area contributed by atoms with Gasteiger partial charge in [-0.3, -0.25) is 9.59 Å². The van der Waals surface area contributed by atoms with Crippen LogP contribution in [0.2, 0.25) is 0 Å². The monoisotopic (exact) mass is 360 g/mol. The molecule has 2 rings (SSSR count). The third-order valence-corrected chi connectivity index (χ3v) is 5.18. The van der Waals surface area contributed by atoms with Crippen molar-refractivity contribution in [3.8, 4) is 0 Å². The Morgan fingerprint density at radius 3 is 2.48 bits per heavy atom. The molecule has 0 fully saturated rings. The molecule has 1 aromatic carbocycles. The molecule has 0 aliphatic heterocycles. The molecule has 2 aromatic rings. The fourth-order valence-corrected chi connectivity index (χ4v) is 3.34. The van der Waals surface area contributed by atoms with Gasteiger partial charge in [0, 0.05) is 28.9 Å². The molecular formula is C19H26N3O2S+. The van der Waals surface area contributed by atoms with Crippen molar-refractivity contribution in [1.29, 1.82) is 0 Å². The zero-order valence-electron chi connectivity index (χ0n) is 15.5. The number of hydrogen-bond donors (Lipinski definition) is 2. The molecule has 1 atom stereocenters. The van der Waals surface area contributed by atoms with Gasteiger partial charge >= 0.3 is 0 Å². The van der Waals surface area contributed by atoms with E-state index in [0.29, 0.717) is 6.54 Å². The van der Waals surface area contributed by atoms with Gasteiger partial charge in [-0.1, -0.05) is 12.1 Å². The molecule has 25 heavy (non-hydrogen) atoms. The summed E-state index contributed by atoms with van der Waals surface area (Å²) in [5, 5.41) is 2.93. The smallest absolute Gasteiger partial charge is 0.279 e. The van der Waals surface area contributed by atoms with Gasteiger partial charge in [-0.15, -0.1) is 11.8 Å². The predicted molar refractivity (Wildman–Crippen MR) is 103 cm³/mol.